The number of nitrogens with zero attached hydrogens (tertiary/aromatic N) is 1. The summed E-state index contributed by atoms with van der Waals surface area (Å²) in [7, 11) is 1.39. The summed E-state index contributed by atoms with van der Waals surface area (Å²) in [5, 5.41) is 11.8. The van der Waals surface area contributed by atoms with E-state index in [9.17, 15) is 9.59 Å². The number of benzene rings is 1. The molecule has 2 rings (SSSR count). The zero-order valence-corrected chi connectivity index (χ0v) is 11.8. The van der Waals surface area contributed by atoms with Crippen LogP contribution in [0.4, 0.5) is 10.5 Å². The van der Waals surface area contributed by atoms with Crippen molar-refractivity contribution in [2.24, 2.45) is 5.73 Å². The van der Waals surface area contributed by atoms with Gasteiger partial charge in [0, 0.05) is 30.9 Å². The Morgan fingerprint density at radius 1 is 1.38 bits per heavy atom. The third-order valence-electron chi connectivity index (χ3n) is 3.51. The molecule has 114 valence electrons. The first-order valence-electron chi connectivity index (χ1n) is 6.74. The van der Waals surface area contributed by atoms with Crippen molar-refractivity contribution >= 4 is 17.7 Å². The number of urea groups is 1. The third-order valence-corrected chi connectivity index (χ3v) is 3.51. The maximum Gasteiger partial charge on any atom is 0.339 e. The van der Waals surface area contributed by atoms with Crippen LogP contribution in [0.2, 0.25) is 0 Å². The summed E-state index contributed by atoms with van der Waals surface area (Å²) >= 11 is 0. The van der Waals surface area contributed by atoms with Gasteiger partial charge in [0.2, 0.25) is 0 Å². The van der Waals surface area contributed by atoms with Gasteiger partial charge in [0.05, 0.1) is 7.11 Å². The Morgan fingerprint density at radius 2 is 2.05 bits per heavy atom. The van der Waals surface area contributed by atoms with Gasteiger partial charge in [-0.2, -0.15) is 0 Å². The van der Waals surface area contributed by atoms with E-state index in [0.717, 1.165) is 12.8 Å². The Hall–Kier alpha value is -2.28. The largest absolute Gasteiger partial charge is 0.496 e. The number of hydrogen-bond acceptors (Lipinski definition) is 4. The number of rotatable bonds is 3. The van der Waals surface area contributed by atoms with Crippen molar-refractivity contribution in [2.45, 2.75) is 18.9 Å². The number of carbonyl (C=O) groups is 2. The van der Waals surface area contributed by atoms with Crippen molar-refractivity contribution in [3.05, 3.63) is 23.8 Å². The molecule has 0 atom stereocenters. The van der Waals surface area contributed by atoms with Gasteiger partial charge in [-0.25, -0.2) is 9.59 Å². The molecule has 1 heterocycles. The molecule has 0 saturated carbocycles. The van der Waals surface area contributed by atoms with Gasteiger partial charge < -0.3 is 25.8 Å². The first-order valence-corrected chi connectivity index (χ1v) is 6.74. The van der Waals surface area contributed by atoms with E-state index in [2.05, 4.69) is 5.32 Å². The number of methoxy groups -OCH3 is 1. The molecule has 0 aliphatic carbocycles. The number of carboxylic acid groups (broad SMARTS) is 1. The van der Waals surface area contributed by atoms with Crippen molar-refractivity contribution in [3.63, 3.8) is 0 Å². The zero-order chi connectivity index (χ0) is 15.4. The first-order chi connectivity index (χ1) is 10.0. The van der Waals surface area contributed by atoms with Crippen molar-refractivity contribution in [1.82, 2.24) is 4.90 Å². The number of piperidine rings is 1. The van der Waals surface area contributed by atoms with Gasteiger partial charge in [-0.15, -0.1) is 0 Å². The van der Waals surface area contributed by atoms with Gasteiger partial charge in [-0.1, -0.05) is 0 Å². The van der Waals surface area contributed by atoms with E-state index >= 15 is 0 Å². The van der Waals surface area contributed by atoms with Crippen LogP contribution in [0.3, 0.4) is 0 Å². The minimum Gasteiger partial charge on any atom is -0.496 e. The predicted molar refractivity (Wildman–Crippen MR) is 77.8 cm³/mol. The number of nitrogens with one attached hydrogen (secondary N) is 1. The molecule has 21 heavy (non-hydrogen) atoms. The van der Waals surface area contributed by atoms with Gasteiger partial charge in [0.15, 0.2) is 0 Å². The van der Waals surface area contributed by atoms with E-state index < -0.39 is 5.97 Å². The quantitative estimate of drug-likeness (QED) is 0.780. The van der Waals surface area contributed by atoms with Crippen LogP contribution >= 0.6 is 0 Å². The van der Waals surface area contributed by atoms with Crippen LogP contribution in [0.15, 0.2) is 18.2 Å². The topological polar surface area (TPSA) is 105 Å². The van der Waals surface area contributed by atoms with Gasteiger partial charge in [-0.3, -0.25) is 0 Å². The highest BCUT2D eigenvalue weighted by Crippen LogP contribution is 2.23. The fourth-order valence-electron chi connectivity index (χ4n) is 2.25. The van der Waals surface area contributed by atoms with Crippen LogP contribution < -0.4 is 15.8 Å². The molecular weight excluding hydrogens is 274 g/mol. The normalized spacial score (nSPS) is 15.6. The number of carboxylic acids is 1. The monoisotopic (exact) mass is 293 g/mol. The summed E-state index contributed by atoms with van der Waals surface area (Å²) in [4.78, 5) is 24.8. The Labute approximate surface area is 122 Å². The number of amides is 2. The summed E-state index contributed by atoms with van der Waals surface area (Å²) in [5.41, 5.74) is 6.35. The second-order valence-electron chi connectivity index (χ2n) is 4.97. The lowest BCUT2D eigenvalue weighted by molar-refractivity contribution is 0.0693. The molecular formula is C14H19N3O4. The van der Waals surface area contributed by atoms with Crippen molar-refractivity contribution in [2.75, 3.05) is 25.5 Å². The molecule has 1 fully saturated rings. The van der Waals surface area contributed by atoms with Crippen LogP contribution in [0.25, 0.3) is 0 Å². The molecule has 7 heteroatoms. The van der Waals surface area contributed by atoms with Gasteiger partial charge >= 0.3 is 12.0 Å². The Morgan fingerprint density at radius 3 is 2.62 bits per heavy atom. The molecule has 0 aromatic heterocycles. The Balaban J connectivity index is 2.05. The number of carbonyl (C=O) groups excluding carboxylic acids is 1. The summed E-state index contributed by atoms with van der Waals surface area (Å²) in [5.74, 6) is -0.865. The van der Waals surface area contributed by atoms with Crippen LogP contribution in [0.1, 0.15) is 23.2 Å². The molecule has 7 nitrogen and oxygen atoms in total. The number of hydrogen-bond donors (Lipinski definition) is 3. The summed E-state index contributed by atoms with van der Waals surface area (Å²) in [6.45, 7) is 1.24. The number of nitrogens with two attached hydrogens (primary N) is 1. The lowest BCUT2D eigenvalue weighted by Gasteiger charge is -2.30. The van der Waals surface area contributed by atoms with E-state index in [4.69, 9.17) is 15.6 Å². The molecule has 1 aliphatic heterocycles. The highest BCUT2D eigenvalue weighted by Gasteiger charge is 2.21. The van der Waals surface area contributed by atoms with Gasteiger partial charge in [0.1, 0.15) is 11.3 Å². The molecule has 1 aromatic carbocycles. The van der Waals surface area contributed by atoms with Crippen LogP contribution in [-0.4, -0.2) is 48.2 Å². The first kappa shape index (κ1) is 15.1. The van der Waals surface area contributed by atoms with E-state index in [1.54, 1.807) is 11.0 Å². The molecule has 0 spiro atoms. The number of likely N-dealkylation sites (tertiary alicyclic amines) is 1. The standard InChI is InChI=1S/C14H19N3O4/c1-21-12-8-10(2-3-11(12)13(18)19)16-14(20)17-6-4-9(15)5-7-17/h2-3,8-9H,4-7,15H2,1H3,(H,16,20)(H,18,19). The molecule has 0 unspecified atom stereocenters. The summed E-state index contributed by atoms with van der Waals surface area (Å²) in [6.07, 6.45) is 1.57. The third kappa shape index (κ3) is 3.63. The minimum absolute atomic E-state index is 0.0550. The van der Waals surface area contributed by atoms with Crippen molar-refractivity contribution < 1.29 is 19.4 Å². The second kappa shape index (κ2) is 6.45. The fraction of sp³-hybridized carbons (Fsp3) is 0.429. The molecule has 0 radical (unpaired) electrons. The van der Waals surface area contributed by atoms with E-state index in [0.29, 0.717) is 18.8 Å². The Kier molecular flexibility index (Phi) is 4.64. The maximum absolute atomic E-state index is 12.1. The van der Waals surface area contributed by atoms with Crippen LogP contribution in [-0.2, 0) is 0 Å². The summed E-state index contributed by atoms with van der Waals surface area (Å²) in [6, 6.07) is 4.38. The minimum atomic E-state index is -1.07. The smallest absolute Gasteiger partial charge is 0.339 e. The highest BCUT2D eigenvalue weighted by atomic mass is 16.5. The number of anilines is 1. The average molecular weight is 293 g/mol. The van der Waals surface area contributed by atoms with Crippen molar-refractivity contribution in [3.8, 4) is 5.75 Å². The zero-order valence-electron chi connectivity index (χ0n) is 11.8. The Bertz CT molecular complexity index is 539. The van der Waals surface area contributed by atoms with E-state index in [1.165, 1.54) is 19.2 Å². The molecule has 1 saturated heterocycles. The SMILES string of the molecule is COc1cc(NC(=O)N2CCC(N)CC2)ccc1C(=O)O. The molecule has 1 aromatic rings. The summed E-state index contributed by atoms with van der Waals surface area (Å²) < 4.78 is 5.03. The average Bonchev–Trinajstić information content (AvgIpc) is 2.47. The van der Waals surface area contributed by atoms with Crippen LogP contribution in [0.5, 0.6) is 5.75 Å². The van der Waals surface area contributed by atoms with E-state index in [1.807, 2.05) is 0 Å². The highest BCUT2D eigenvalue weighted by molar-refractivity contribution is 5.94. The lowest BCUT2D eigenvalue weighted by Crippen LogP contribution is -2.44. The second-order valence-corrected chi connectivity index (χ2v) is 4.97. The maximum atomic E-state index is 12.1. The van der Waals surface area contributed by atoms with Gasteiger partial charge in [0.25, 0.3) is 0 Å². The molecule has 2 amide bonds. The number of aromatic carboxylic acids is 1. The number of ether oxygens (including phenoxy) is 1. The lowest BCUT2D eigenvalue weighted by atomic mass is 10.1. The van der Waals surface area contributed by atoms with Crippen LogP contribution in [0, 0.1) is 0 Å². The van der Waals surface area contributed by atoms with E-state index in [-0.39, 0.29) is 23.4 Å². The van der Waals surface area contributed by atoms with Crippen molar-refractivity contribution in [1.29, 1.82) is 0 Å². The fourth-order valence-corrected chi connectivity index (χ4v) is 2.25. The predicted octanol–water partition coefficient (Wildman–Crippen LogP) is 1.35. The van der Waals surface area contributed by atoms with Gasteiger partial charge in [-0.05, 0) is 25.0 Å². The molecule has 4 N–H and O–H groups in total. The molecule has 1 aliphatic rings. The molecule has 0 bridgehead atoms.